The number of ether oxygens (including phenoxy) is 2. The first-order valence-electron chi connectivity index (χ1n) is 9.44. The third-order valence-electron chi connectivity index (χ3n) is 4.96. The van der Waals surface area contributed by atoms with Gasteiger partial charge in [-0.05, 0) is 31.4 Å². The molecule has 1 aromatic heterocycles. The molecule has 0 N–H and O–H groups in total. The van der Waals surface area contributed by atoms with Gasteiger partial charge in [0.2, 0.25) is 5.91 Å². The Labute approximate surface area is 161 Å². The molecule has 1 aliphatic rings. The lowest BCUT2D eigenvalue weighted by Gasteiger charge is -2.27. The summed E-state index contributed by atoms with van der Waals surface area (Å²) in [5, 5.41) is 1.09. The second kappa shape index (κ2) is 8.67. The summed E-state index contributed by atoms with van der Waals surface area (Å²) in [4.78, 5) is 21.4. The standard InChI is InChI=1S/C21H29N3O3/c1-15-7-5-8-16-11-17(21(23(2)3)22-20(15)16)12-24(19(25)14-26-4)13-18-9-6-10-27-18/h5,7-8,11,18H,6,9-10,12-14H2,1-4H3. The number of carbonyl (C=O) groups excluding carboxylic acids is 1. The minimum absolute atomic E-state index is 0.0259. The number of hydrogen-bond donors (Lipinski definition) is 0. The molecule has 1 unspecified atom stereocenters. The fraction of sp³-hybridized carbons (Fsp3) is 0.524. The molecule has 0 radical (unpaired) electrons. The Morgan fingerprint density at radius 2 is 2.19 bits per heavy atom. The molecule has 1 amide bonds. The van der Waals surface area contributed by atoms with E-state index in [1.807, 2.05) is 30.0 Å². The first kappa shape index (κ1) is 19.6. The van der Waals surface area contributed by atoms with Crippen LogP contribution in [0.5, 0.6) is 0 Å². The molecule has 1 aromatic carbocycles. The van der Waals surface area contributed by atoms with Crippen LogP contribution in [0.3, 0.4) is 0 Å². The number of carbonyl (C=O) groups is 1. The van der Waals surface area contributed by atoms with Crippen molar-refractivity contribution in [3.63, 3.8) is 0 Å². The number of benzene rings is 1. The Hall–Kier alpha value is -2.18. The van der Waals surface area contributed by atoms with Crippen molar-refractivity contribution in [2.24, 2.45) is 0 Å². The van der Waals surface area contributed by atoms with Crippen molar-refractivity contribution in [1.82, 2.24) is 9.88 Å². The maximum absolute atomic E-state index is 12.6. The van der Waals surface area contributed by atoms with Gasteiger partial charge in [0.05, 0.1) is 11.6 Å². The molecule has 0 bridgehead atoms. The zero-order chi connectivity index (χ0) is 19.4. The quantitative estimate of drug-likeness (QED) is 0.749. The van der Waals surface area contributed by atoms with E-state index in [2.05, 4.69) is 25.1 Å². The van der Waals surface area contributed by atoms with Crippen LogP contribution in [0.1, 0.15) is 24.0 Å². The van der Waals surface area contributed by atoms with Crippen LogP contribution in [0.4, 0.5) is 5.82 Å². The smallest absolute Gasteiger partial charge is 0.248 e. The minimum Gasteiger partial charge on any atom is -0.376 e. The maximum Gasteiger partial charge on any atom is 0.248 e. The van der Waals surface area contributed by atoms with Gasteiger partial charge in [-0.15, -0.1) is 0 Å². The highest BCUT2D eigenvalue weighted by Gasteiger charge is 2.24. The summed E-state index contributed by atoms with van der Waals surface area (Å²) in [7, 11) is 5.52. The molecule has 0 aliphatic carbocycles. The number of para-hydroxylation sites is 1. The molecule has 27 heavy (non-hydrogen) atoms. The molecule has 6 nitrogen and oxygen atoms in total. The summed E-state index contributed by atoms with van der Waals surface area (Å²) >= 11 is 0. The zero-order valence-corrected chi connectivity index (χ0v) is 16.7. The highest BCUT2D eigenvalue weighted by molar-refractivity contribution is 5.85. The first-order chi connectivity index (χ1) is 13.0. The van der Waals surface area contributed by atoms with Crippen LogP contribution in [-0.4, -0.2) is 62.9 Å². The van der Waals surface area contributed by atoms with E-state index >= 15 is 0 Å². The van der Waals surface area contributed by atoms with Crippen molar-refractivity contribution >= 4 is 22.6 Å². The van der Waals surface area contributed by atoms with Gasteiger partial charge < -0.3 is 19.3 Å². The van der Waals surface area contributed by atoms with Gasteiger partial charge >= 0.3 is 0 Å². The topological polar surface area (TPSA) is 54.9 Å². The lowest BCUT2D eigenvalue weighted by molar-refractivity contribution is -0.137. The molecule has 1 saturated heterocycles. The maximum atomic E-state index is 12.6. The van der Waals surface area contributed by atoms with Crippen LogP contribution in [0.15, 0.2) is 24.3 Å². The number of aryl methyl sites for hydroxylation is 1. The van der Waals surface area contributed by atoms with Gasteiger partial charge in [0, 0.05) is 51.9 Å². The molecule has 0 spiro atoms. The van der Waals surface area contributed by atoms with Gasteiger partial charge in [-0.1, -0.05) is 18.2 Å². The Morgan fingerprint density at radius 3 is 2.85 bits per heavy atom. The van der Waals surface area contributed by atoms with E-state index in [9.17, 15) is 4.79 Å². The van der Waals surface area contributed by atoms with Crippen LogP contribution < -0.4 is 4.90 Å². The van der Waals surface area contributed by atoms with Crippen LogP contribution >= 0.6 is 0 Å². The van der Waals surface area contributed by atoms with E-state index in [0.717, 1.165) is 47.3 Å². The van der Waals surface area contributed by atoms with Gasteiger partial charge in [-0.3, -0.25) is 4.79 Å². The molecule has 3 rings (SSSR count). The van der Waals surface area contributed by atoms with E-state index in [0.29, 0.717) is 13.1 Å². The Morgan fingerprint density at radius 1 is 1.37 bits per heavy atom. The van der Waals surface area contributed by atoms with Gasteiger partial charge in [-0.2, -0.15) is 0 Å². The lowest BCUT2D eigenvalue weighted by atomic mass is 10.1. The van der Waals surface area contributed by atoms with E-state index in [-0.39, 0.29) is 18.6 Å². The third kappa shape index (κ3) is 4.57. The number of amides is 1. The zero-order valence-electron chi connectivity index (χ0n) is 16.7. The van der Waals surface area contributed by atoms with Gasteiger partial charge in [-0.25, -0.2) is 4.98 Å². The Kier molecular flexibility index (Phi) is 6.29. The molecular weight excluding hydrogens is 342 g/mol. The summed E-state index contributed by atoms with van der Waals surface area (Å²) in [5.41, 5.74) is 3.17. The number of aromatic nitrogens is 1. The second-order valence-corrected chi connectivity index (χ2v) is 7.35. The summed E-state index contributed by atoms with van der Waals surface area (Å²) in [6.45, 7) is 3.99. The first-order valence-corrected chi connectivity index (χ1v) is 9.44. The number of pyridine rings is 1. The van der Waals surface area contributed by atoms with Crippen molar-refractivity contribution < 1.29 is 14.3 Å². The number of rotatable bonds is 7. The van der Waals surface area contributed by atoms with Gasteiger partial charge in [0.15, 0.2) is 0 Å². The lowest BCUT2D eigenvalue weighted by Crippen LogP contribution is -2.39. The summed E-state index contributed by atoms with van der Waals surface area (Å²) in [5.74, 6) is 0.862. The third-order valence-corrected chi connectivity index (χ3v) is 4.96. The molecule has 0 saturated carbocycles. The number of fused-ring (bicyclic) bond motifs is 1. The van der Waals surface area contributed by atoms with Crippen LogP contribution in [-0.2, 0) is 20.8 Å². The van der Waals surface area contributed by atoms with Crippen molar-refractivity contribution in [3.8, 4) is 0 Å². The molecule has 2 heterocycles. The highest BCUT2D eigenvalue weighted by Crippen LogP contribution is 2.26. The molecule has 6 heteroatoms. The monoisotopic (exact) mass is 371 g/mol. The average molecular weight is 371 g/mol. The van der Waals surface area contributed by atoms with E-state index < -0.39 is 0 Å². The number of nitrogens with zero attached hydrogens (tertiary/aromatic N) is 3. The Balaban J connectivity index is 1.94. The van der Waals surface area contributed by atoms with Crippen molar-refractivity contribution in [2.45, 2.75) is 32.4 Å². The second-order valence-electron chi connectivity index (χ2n) is 7.35. The molecule has 1 atom stereocenters. The van der Waals surface area contributed by atoms with Crippen molar-refractivity contribution in [3.05, 3.63) is 35.4 Å². The molecular formula is C21H29N3O3. The van der Waals surface area contributed by atoms with Crippen molar-refractivity contribution in [2.75, 3.05) is 45.9 Å². The Bertz CT molecular complexity index is 801. The van der Waals surface area contributed by atoms with Crippen LogP contribution in [0.25, 0.3) is 10.9 Å². The predicted octanol–water partition coefficient (Wildman–Crippen LogP) is 2.76. The fourth-order valence-corrected chi connectivity index (χ4v) is 3.59. The summed E-state index contributed by atoms with van der Waals surface area (Å²) in [6, 6.07) is 8.33. The summed E-state index contributed by atoms with van der Waals surface area (Å²) < 4.78 is 10.8. The summed E-state index contributed by atoms with van der Waals surface area (Å²) in [6.07, 6.45) is 2.15. The normalized spacial score (nSPS) is 16.7. The largest absolute Gasteiger partial charge is 0.376 e. The molecule has 2 aromatic rings. The van der Waals surface area contributed by atoms with E-state index in [1.165, 1.54) is 0 Å². The SMILES string of the molecule is COCC(=O)N(Cc1cc2cccc(C)c2nc1N(C)C)CC1CCCO1. The predicted molar refractivity (Wildman–Crippen MR) is 107 cm³/mol. The van der Waals surface area contributed by atoms with Gasteiger partial charge in [0.25, 0.3) is 0 Å². The van der Waals surface area contributed by atoms with Gasteiger partial charge in [0.1, 0.15) is 12.4 Å². The molecule has 1 aliphatic heterocycles. The number of hydrogen-bond acceptors (Lipinski definition) is 5. The molecule has 146 valence electrons. The van der Waals surface area contributed by atoms with Crippen molar-refractivity contribution in [1.29, 1.82) is 0 Å². The fourth-order valence-electron chi connectivity index (χ4n) is 3.59. The van der Waals surface area contributed by atoms with Crippen LogP contribution in [0, 0.1) is 6.92 Å². The average Bonchev–Trinajstić information content (AvgIpc) is 3.14. The molecule has 1 fully saturated rings. The van der Waals surface area contributed by atoms with E-state index in [1.54, 1.807) is 7.11 Å². The number of methoxy groups -OCH3 is 1. The minimum atomic E-state index is -0.0259. The van der Waals surface area contributed by atoms with Crippen LogP contribution in [0.2, 0.25) is 0 Å². The highest BCUT2D eigenvalue weighted by atomic mass is 16.5. The number of anilines is 1. The van der Waals surface area contributed by atoms with E-state index in [4.69, 9.17) is 14.5 Å².